The average Bonchev–Trinajstić information content (AvgIpc) is 3.49. The zero-order valence-electron chi connectivity index (χ0n) is 15.9. The van der Waals surface area contributed by atoms with E-state index < -0.39 is 10.0 Å². The van der Waals surface area contributed by atoms with Crippen molar-refractivity contribution in [3.63, 3.8) is 0 Å². The van der Waals surface area contributed by atoms with Crippen molar-refractivity contribution in [3.8, 4) is 28.7 Å². The lowest BCUT2D eigenvalue weighted by atomic mass is 10.2. The van der Waals surface area contributed by atoms with Gasteiger partial charge < -0.3 is 18.6 Å². The fraction of sp³-hybridized carbons (Fsp3) is 0.300. The summed E-state index contributed by atoms with van der Waals surface area (Å²) in [5.41, 5.74) is 0.589. The van der Waals surface area contributed by atoms with Crippen molar-refractivity contribution in [1.29, 1.82) is 0 Å². The molecule has 2 aliphatic rings. The minimum atomic E-state index is -3.88. The number of benzene rings is 2. The van der Waals surface area contributed by atoms with Gasteiger partial charge in [-0.3, -0.25) is 0 Å². The summed E-state index contributed by atoms with van der Waals surface area (Å²) in [7, 11) is -3.88. The van der Waals surface area contributed by atoms with Crippen molar-refractivity contribution in [1.82, 2.24) is 10.2 Å². The van der Waals surface area contributed by atoms with Crippen LogP contribution in [0.25, 0.3) is 11.5 Å². The van der Waals surface area contributed by atoms with Crippen LogP contribution in [0.1, 0.15) is 25.7 Å². The van der Waals surface area contributed by atoms with E-state index in [4.69, 9.17) is 18.6 Å². The minimum absolute atomic E-state index is 0.0732. The first-order valence-corrected chi connectivity index (χ1v) is 11.1. The smallest absolute Gasteiger partial charge is 0.330 e. The van der Waals surface area contributed by atoms with Gasteiger partial charge in [-0.05, 0) is 68.1 Å². The Labute approximate surface area is 173 Å². The van der Waals surface area contributed by atoms with Crippen molar-refractivity contribution in [2.24, 2.45) is 0 Å². The second-order valence-electron chi connectivity index (χ2n) is 7.08. The van der Waals surface area contributed by atoms with E-state index in [2.05, 4.69) is 14.9 Å². The zero-order chi connectivity index (χ0) is 20.6. The van der Waals surface area contributed by atoms with Crippen LogP contribution in [0, 0.1) is 0 Å². The maximum atomic E-state index is 12.6. The van der Waals surface area contributed by atoms with Gasteiger partial charge in [0.2, 0.25) is 12.7 Å². The number of hydrogen-bond donors (Lipinski definition) is 1. The van der Waals surface area contributed by atoms with E-state index in [1.165, 1.54) is 25.0 Å². The fourth-order valence-corrected chi connectivity index (χ4v) is 4.41. The first-order valence-electron chi connectivity index (χ1n) is 9.60. The molecule has 0 bridgehead atoms. The molecule has 1 aromatic heterocycles. The molecular weight excluding hydrogens is 410 g/mol. The predicted octanol–water partition coefficient (Wildman–Crippen LogP) is 3.59. The summed E-state index contributed by atoms with van der Waals surface area (Å²) < 4.78 is 49.5. The first kappa shape index (κ1) is 18.7. The van der Waals surface area contributed by atoms with Crippen LogP contribution in [0.2, 0.25) is 0 Å². The van der Waals surface area contributed by atoms with Crippen LogP contribution in [0.5, 0.6) is 17.2 Å². The Morgan fingerprint density at radius 3 is 2.53 bits per heavy atom. The summed E-state index contributed by atoms with van der Waals surface area (Å²) in [6.07, 6.45) is 4.60. The molecule has 2 heterocycles. The lowest BCUT2D eigenvalue weighted by Gasteiger charge is -2.13. The molecule has 1 aliphatic heterocycles. The first-order chi connectivity index (χ1) is 14.6. The summed E-state index contributed by atoms with van der Waals surface area (Å²) in [5, 5.41) is 7.68. The molecule has 30 heavy (non-hydrogen) atoms. The monoisotopic (exact) mass is 429 g/mol. The van der Waals surface area contributed by atoms with Gasteiger partial charge in [-0.25, -0.2) is 13.1 Å². The molecule has 0 atom stereocenters. The predicted molar refractivity (Wildman–Crippen MR) is 106 cm³/mol. The highest BCUT2D eigenvalue weighted by atomic mass is 32.2. The van der Waals surface area contributed by atoms with E-state index in [-0.39, 0.29) is 29.7 Å². The maximum Gasteiger partial charge on any atom is 0.330 e. The van der Waals surface area contributed by atoms with Gasteiger partial charge in [-0.2, -0.15) is 0 Å². The lowest BCUT2D eigenvalue weighted by Crippen LogP contribution is -2.14. The number of nitrogens with zero attached hydrogens (tertiary/aromatic N) is 2. The standard InChI is InChI=1S/C20H19N3O6S/c24-30(25,16-8-6-15(7-9-16)28-14-3-1-2-4-14)23-20-22-21-19(29-20)13-5-10-17-18(11-13)27-12-26-17/h5-11,14H,1-4,12H2,(H,22,23). The molecule has 3 aromatic rings. The third-order valence-corrected chi connectivity index (χ3v) is 6.34. The number of ether oxygens (including phenoxy) is 3. The number of hydrogen-bond acceptors (Lipinski definition) is 8. The highest BCUT2D eigenvalue weighted by Crippen LogP contribution is 2.36. The molecule has 0 radical (unpaired) electrons. The molecule has 0 saturated heterocycles. The highest BCUT2D eigenvalue weighted by Gasteiger charge is 2.21. The van der Waals surface area contributed by atoms with E-state index in [1.807, 2.05) is 0 Å². The summed E-state index contributed by atoms with van der Waals surface area (Å²) >= 11 is 0. The molecule has 1 aliphatic carbocycles. The van der Waals surface area contributed by atoms with Crippen LogP contribution < -0.4 is 18.9 Å². The van der Waals surface area contributed by atoms with Crippen LogP contribution in [0.4, 0.5) is 6.01 Å². The maximum absolute atomic E-state index is 12.6. The highest BCUT2D eigenvalue weighted by molar-refractivity contribution is 7.92. The number of sulfonamides is 1. The van der Waals surface area contributed by atoms with Gasteiger partial charge in [0.1, 0.15) is 5.75 Å². The average molecular weight is 429 g/mol. The Balaban J connectivity index is 1.29. The minimum Gasteiger partial charge on any atom is -0.490 e. The van der Waals surface area contributed by atoms with Gasteiger partial charge in [0.15, 0.2) is 11.5 Å². The quantitative estimate of drug-likeness (QED) is 0.633. The number of rotatable bonds is 6. The Morgan fingerprint density at radius 1 is 0.967 bits per heavy atom. The molecule has 2 aromatic carbocycles. The van der Waals surface area contributed by atoms with E-state index in [0.29, 0.717) is 22.8 Å². The number of aromatic nitrogens is 2. The summed E-state index contributed by atoms with van der Waals surface area (Å²) in [6, 6.07) is 11.2. The molecular formula is C20H19N3O6S. The largest absolute Gasteiger partial charge is 0.490 e. The topological polar surface area (TPSA) is 113 Å². The molecule has 1 saturated carbocycles. The second-order valence-corrected chi connectivity index (χ2v) is 8.76. The van der Waals surface area contributed by atoms with Gasteiger partial charge in [-0.1, -0.05) is 5.10 Å². The molecule has 0 unspecified atom stereocenters. The molecule has 10 heteroatoms. The molecule has 1 N–H and O–H groups in total. The van der Waals surface area contributed by atoms with E-state index >= 15 is 0 Å². The van der Waals surface area contributed by atoms with Crippen molar-refractivity contribution in [2.75, 3.05) is 11.5 Å². The van der Waals surface area contributed by atoms with Crippen LogP contribution in [0.15, 0.2) is 51.8 Å². The zero-order valence-corrected chi connectivity index (χ0v) is 16.7. The Kier molecular flexibility index (Phi) is 4.70. The van der Waals surface area contributed by atoms with Crippen molar-refractivity contribution in [3.05, 3.63) is 42.5 Å². The molecule has 0 spiro atoms. The van der Waals surface area contributed by atoms with Gasteiger partial charge in [-0.15, -0.1) is 5.10 Å². The second kappa shape index (κ2) is 7.52. The van der Waals surface area contributed by atoms with Gasteiger partial charge >= 0.3 is 6.01 Å². The lowest BCUT2D eigenvalue weighted by molar-refractivity contribution is 0.174. The Hall–Kier alpha value is -3.27. The van der Waals surface area contributed by atoms with Gasteiger partial charge in [0.25, 0.3) is 10.0 Å². The van der Waals surface area contributed by atoms with Gasteiger partial charge in [0.05, 0.1) is 11.0 Å². The van der Waals surface area contributed by atoms with Crippen molar-refractivity contribution < 1.29 is 27.0 Å². The Morgan fingerprint density at radius 2 is 1.73 bits per heavy atom. The normalized spacial score (nSPS) is 16.0. The van der Waals surface area contributed by atoms with E-state index in [9.17, 15) is 8.42 Å². The van der Waals surface area contributed by atoms with Crippen molar-refractivity contribution in [2.45, 2.75) is 36.7 Å². The van der Waals surface area contributed by atoms with E-state index in [1.54, 1.807) is 30.3 Å². The van der Waals surface area contributed by atoms with Crippen LogP contribution >= 0.6 is 0 Å². The summed E-state index contributed by atoms with van der Waals surface area (Å²) in [6.45, 7) is 0.151. The number of fused-ring (bicyclic) bond motifs is 1. The summed E-state index contributed by atoms with van der Waals surface area (Å²) in [5.74, 6) is 2.00. The molecule has 156 valence electrons. The third kappa shape index (κ3) is 3.78. The fourth-order valence-electron chi connectivity index (χ4n) is 3.48. The third-order valence-electron chi connectivity index (χ3n) is 5.01. The number of nitrogens with one attached hydrogen (secondary N) is 1. The Bertz CT molecular complexity index is 1150. The van der Waals surface area contributed by atoms with Crippen LogP contribution in [-0.4, -0.2) is 31.5 Å². The van der Waals surface area contributed by atoms with Crippen LogP contribution in [0.3, 0.4) is 0 Å². The molecule has 5 rings (SSSR count). The summed E-state index contributed by atoms with van der Waals surface area (Å²) in [4.78, 5) is 0.0732. The molecule has 1 fully saturated rings. The van der Waals surface area contributed by atoms with Crippen LogP contribution in [-0.2, 0) is 10.0 Å². The molecule has 9 nitrogen and oxygen atoms in total. The number of anilines is 1. The van der Waals surface area contributed by atoms with Crippen molar-refractivity contribution >= 4 is 16.0 Å². The van der Waals surface area contributed by atoms with E-state index in [0.717, 1.165) is 12.8 Å². The SMILES string of the molecule is O=S(=O)(Nc1nnc(-c2ccc3c(c2)OCO3)o1)c1ccc(OC2CCCC2)cc1. The molecule has 0 amide bonds. The van der Waals surface area contributed by atoms with Gasteiger partial charge in [0, 0.05) is 5.56 Å².